The van der Waals surface area contributed by atoms with Crippen LogP contribution in [0.4, 0.5) is 5.69 Å². The molecule has 0 fully saturated rings. The summed E-state index contributed by atoms with van der Waals surface area (Å²) in [7, 11) is 0. The van der Waals surface area contributed by atoms with Gasteiger partial charge in [0.25, 0.3) is 0 Å². The van der Waals surface area contributed by atoms with Crippen molar-refractivity contribution in [1.82, 2.24) is 4.90 Å². The lowest BCUT2D eigenvalue weighted by Crippen LogP contribution is -2.41. The van der Waals surface area contributed by atoms with E-state index in [1.54, 1.807) is 11.3 Å². The molecule has 140 valence electrons. The van der Waals surface area contributed by atoms with Gasteiger partial charge in [-0.2, -0.15) is 0 Å². The fourth-order valence-electron chi connectivity index (χ4n) is 3.05. The SMILES string of the molecule is Cc1ccc(NC(=S)N(Cc2ccccc2)[C@H](C)Cc2cccs2)cc1C. The topological polar surface area (TPSA) is 15.3 Å². The first kappa shape index (κ1) is 19.6. The van der Waals surface area contributed by atoms with Gasteiger partial charge in [-0.15, -0.1) is 11.3 Å². The van der Waals surface area contributed by atoms with Gasteiger partial charge in [-0.05, 0) is 73.3 Å². The molecule has 4 heteroatoms. The zero-order chi connectivity index (χ0) is 19.2. The van der Waals surface area contributed by atoms with E-state index in [-0.39, 0.29) is 0 Å². The van der Waals surface area contributed by atoms with E-state index in [1.165, 1.54) is 21.6 Å². The van der Waals surface area contributed by atoms with Gasteiger partial charge >= 0.3 is 0 Å². The largest absolute Gasteiger partial charge is 0.342 e. The normalized spacial score (nSPS) is 11.8. The lowest BCUT2D eigenvalue weighted by molar-refractivity contribution is 0.326. The van der Waals surface area contributed by atoms with Gasteiger partial charge in [0, 0.05) is 29.6 Å². The summed E-state index contributed by atoms with van der Waals surface area (Å²) in [5, 5.41) is 6.36. The number of aryl methyl sites for hydroxylation is 2. The molecule has 1 atom stereocenters. The van der Waals surface area contributed by atoms with Crippen molar-refractivity contribution >= 4 is 34.4 Å². The number of nitrogens with zero attached hydrogens (tertiary/aromatic N) is 1. The summed E-state index contributed by atoms with van der Waals surface area (Å²) < 4.78 is 0. The maximum absolute atomic E-state index is 5.82. The Morgan fingerprint density at radius 1 is 1.04 bits per heavy atom. The molecule has 0 radical (unpaired) electrons. The average molecular weight is 395 g/mol. The predicted molar refractivity (Wildman–Crippen MR) is 122 cm³/mol. The Labute approximate surface area is 171 Å². The number of hydrogen-bond donors (Lipinski definition) is 1. The number of nitrogens with one attached hydrogen (secondary N) is 1. The molecule has 27 heavy (non-hydrogen) atoms. The Morgan fingerprint density at radius 2 is 1.81 bits per heavy atom. The minimum atomic E-state index is 0.301. The van der Waals surface area contributed by atoms with Crippen LogP contribution in [0.3, 0.4) is 0 Å². The molecule has 0 bridgehead atoms. The first-order valence-electron chi connectivity index (χ1n) is 9.24. The highest BCUT2D eigenvalue weighted by molar-refractivity contribution is 7.80. The highest BCUT2D eigenvalue weighted by Crippen LogP contribution is 2.19. The summed E-state index contributed by atoms with van der Waals surface area (Å²) in [4.78, 5) is 3.68. The molecule has 1 N–H and O–H groups in total. The maximum atomic E-state index is 5.82. The molecule has 0 spiro atoms. The van der Waals surface area contributed by atoms with Gasteiger partial charge in [0.05, 0.1) is 0 Å². The highest BCUT2D eigenvalue weighted by atomic mass is 32.1. The van der Waals surface area contributed by atoms with Gasteiger partial charge in [0.15, 0.2) is 5.11 Å². The van der Waals surface area contributed by atoms with Gasteiger partial charge in [-0.1, -0.05) is 42.5 Å². The quantitative estimate of drug-likeness (QED) is 0.501. The summed E-state index contributed by atoms with van der Waals surface area (Å²) in [6.07, 6.45) is 0.985. The third kappa shape index (κ3) is 5.41. The molecule has 3 aromatic rings. The van der Waals surface area contributed by atoms with Crippen LogP contribution in [0.2, 0.25) is 0 Å². The zero-order valence-electron chi connectivity index (χ0n) is 16.1. The average Bonchev–Trinajstić information content (AvgIpc) is 3.16. The monoisotopic (exact) mass is 394 g/mol. The number of thiocarbonyl (C=S) groups is 1. The summed E-state index contributed by atoms with van der Waals surface area (Å²) >= 11 is 7.63. The molecular formula is C23H26N2S2. The molecule has 0 saturated carbocycles. The summed E-state index contributed by atoms with van der Waals surface area (Å²) in [6, 6.07) is 21.5. The molecule has 0 unspecified atom stereocenters. The first-order valence-corrected chi connectivity index (χ1v) is 10.5. The Kier molecular flexibility index (Phi) is 6.64. The molecule has 2 nitrogen and oxygen atoms in total. The van der Waals surface area contributed by atoms with Crippen LogP contribution in [0.1, 0.15) is 28.5 Å². The number of hydrogen-bond acceptors (Lipinski definition) is 2. The Morgan fingerprint density at radius 3 is 2.48 bits per heavy atom. The second-order valence-electron chi connectivity index (χ2n) is 6.98. The van der Waals surface area contributed by atoms with Crippen LogP contribution in [0.15, 0.2) is 66.0 Å². The fourth-order valence-corrected chi connectivity index (χ4v) is 4.24. The molecule has 2 aromatic carbocycles. The third-order valence-electron chi connectivity index (χ3n) is 4.82. The van der Waals surface area contributed by atoms with Crippen molar-refractivity contribution in [2.45, 2.75) is 39.8 Å². The van der Waals surface area contributed by atoms with E-state index >= 15 is 0 Å². The van der Waals surface area contributed by atoms with Crippen LogP contribution in [-0.2, 0) is 13.0 Å². The molecule has 0 aliphatic carbocycles. The van der Waals surface area contributed by atoms with E-state index < -0.39 is 0 Å². The van der Waals surface area contributed by atoms with E-state index in [0.29, 0.717) is 6.04 Å². The van der Waals surface area contributed by atoms with E-state index in [1.807, 2.05) is 0 Å². The summed E-state index contributed by atoms with van der Waals surface area (Å²) in [5.41, 5.74) is 4.87. The van der Waals surface area contributed by atoms with Crippen molar-refractivity contribution in [2.75, 3.05) is 5.32 Å². The molecule has 0 aliphatic heterocycles. The zero-order valence-corrected chi connectivity index (χ0v) is 17.7. The van der Waals surface area contributed by atoms with E-state index in [9.17, 15) is 0 Å². The molecular weight excluding hydrogens is 368 g/mol. The van der Waals surface area contributed by atoms with E-state index in [2.05, 4.69) is 97.0 Å². The Balaban J connectivity index is 1.78. The van der Waals surface area contributed by atoms with E-state index in [4.69, 9.17) is 12.2 Å². The number of benzene rings is 2. The van der Waals surface area contributed by atoms with Gasteiger partial charge < -0.3 is 10.2 Å². The lowest BCUT2D eigenvalue weighted by Gasteiger charge is -2.32. The van der Waals surface area contributed by atoms with Crippen LogP contribution in [0.5, 0.6) is 0 Å². The summed E-state index contributed by atoms with van der Waals surface area (Å²) in [6.45, 7) is 7.30. The minimum Gasteiger partial charge on any atom is -0.342 e. The van der Waals surface area contributed by atoms with Crippen molar-refractivity contribution in [1.29, 1.82) is 0 Å². The maximum Gasteiger partial charge on any atom is 0.173 e. The van der Waals surface area contributed by atoms with Crippen LogP contribution >= 0.6 is 23.6 Å². The van der Waals surface area contributed by atoms with Crippen LogP contribution < -0.4 is 5.32 Å². The van der Waals surface area contributed by atoms with Gasteiger partial charge in [-0.3, -0.25) is 0 Å². The lowest BCUT2D eigenvalue weighted by atomic mass is 10.1. The summed E-state index contributed by atoms with van der Waals surface area (Å²) in [5.74, 6) is 0. The van der Waals surface area contributed by atoms with Crippen LogP contribution in [0, 0.1) is 13.8 Å². The third-order valence-corrected chi connectivity index (χ3v) is 6.06. The smallest absolute Gasteiger partial charge is 0.173 e. The molecule has 1 aromatic heterocycles. The Bertz CT molecular complexity index is 873. The molecule has 0 saturated heterocycles. The van der Waals surface area contributed by atoms with Crippen LogP contribution in [0.25, 0.3) is 0 Å². The number of thiophene rings is 1. The number of rotatable bonds is 6. The minimum absolute atomic E-state index is 0.301. The van der Waals surface area contributed by atoms with Crippen molar-refractivity contribution in [3.8, 4) is 0 Å². The van der Waals surface area contributed by atoms with Crippen molar-refractivity contribution in [3.05, 3.63) is 87.6 Å². The Hall–Kier alpha value is -2.17. The van der Waals surface area contributed by atoms with Gasteiger partial charge in [0.1, 0.15) is 0 Å². The molecule has 1 heterocycles. The van der Waals surface area contributed by atoms with Gasteiger partial charge in [0.2, 0.25) is 0 Å². The van der Waals surface area contributed by atoms with Crippen molar-refractivity contribution in [3.63, 3.8) is 0 Å². The highest BCUT2D eigenvalue weighted by Gasteiger charge is 2.19. The molecule has 0 amide bonds. The van der Waals surface area contributed by atoms with Gasteiger partial charge in [-0.25, -0.2) is 0 Å². The second-order valence-corrected chi connectivity index (χ2v) is 8.39. The predicted octanol–water partition coefficient (Wildman–Crippen LogP) is 6.20. The van der Waals surface area contributed by atoms with Crippen molar-refractivity contribution < 1.29 is 0 Å². The first-order chi connectivity index (χ1) is 13.0. The standard InChI is InChI=1S/C23H26N2S2/c1-17-11-12-21(14-18(17)2)24-23(26)25(16-20-8-5-4-6-9-20)19(3)15-22-10-7-13-27-22/h4-14,19H,15-16H2,1-3H3,(H,24,26)/t19-/m1/s1. The number of anilines is 1. The fraction of sp³-hybridized carbons (Fsp3) is 0.261. The molecule has 0 aliphatic rings. The second kappa shape index (κ2) is 9.16. The molecule has 3 rings (SSSR count). The van der Waals surface area contributed by atoms with Crippen LogP contribution in [-0.4, -0.2) is 16.1 Å². The van der Waals surface area contributed by atoms with Crippen molar-refractivity contribution in [2.24, 2.45) is 0 Å². The van der Waals surface area contributed by atoms with E-state index in [0.717, 1.165) is 23.8 Å².